The van der Waals surface area contributed by atoms with Gasteiger partial charge in [0.15, 0.2) is 0 Å². The molecular weight excluding hydrogens is 452 g/mol. The third-order valence-electron chi connectivity index (χ3n) is 4.66. The van der Waals surface area contributed by atoms with Crippen LogP contribution in [0.3, 0.4) is 0 Å². The Morgan fingerprint density at radius 1 is 1.09 bits per heavy atom. The maximum Gasteiger partial charge on any atom is 0.333 e. The van der Waals surface area contributed by atoms with Crippen molar-refractivity contribution in [3.63, 3.8) is 0 Å². The lowest BCUT2D eigenvalue weighted by atomic mass is 10.2. The number of aromatic hydroxyl groups is 1. The van der Waals surface area contributed by atoms with Crippen LogP contribution in [0.25, 0.3) is 0 Å². The van der Waals surface area contributed by atoms with E-state index < -0.39 is 17.1 Å². The predicted molar refractivity (Wildman–Crippen MR) is 129 cm³/mol. The number of nitrogens with one attached hydrogen (secondary N) is 1. The lowest BCUT2D eigenvalue weighted by Gasteiger charge is -2.13. The number of halogens is 1. The highest BCUT2D eigenvalue weighted by Gasteiger charge is 2.22. The summed E-state index contributed by atoms with van der Waals surface area (Å²) in [5.41, 5.74) is 0.486. The average molecular weight is 473 g/mol. The molecule has 1 heterocycles. The molecule has 2 aromatic carbocycles. The van der Waals surface area contributed by atoms with E-state index in [1.54, 1.807) is 30.3 Å². The molecule has 0 saturated carbocycles. The molecule has 0 atom stereocenters. The number of aryl methyl sites for hydroxylation is 1. The normalized spacial score (nSPS) is 11.4. The maximum atomic E-state index is 12.8. The van der Waals surface area contributed by atoms with Crippen LogP contribution in [0, 0.1) is 6.92 Å². The van der Waals surface area contributed by atoms with Gasteiger partial charge >= 0.3 is 5.69 Å². The van der Waals surface area contributed by atoms with Crippen LogP contribution < -0.4 is 16.6 Å². The van der Waals surface area contributed by atoms with E-state index in [0.29, 0.717) is 16.4 Å². The lowest BCUT2D eigenvalue weighted by Crippen LogP contribution is -2.39. The number of amides is 1. The average Bonchev–Trinajstić information content (AvgIpc) is 2.77. The van der Waals surface area contributed by atoms with Crippen molar-refractivity contribution in [3.8, 4) is 5.88 Å². The Balaban J connectivity index is 1.99. The van der Waals surface area contributed by atoms with Crippen molar-refractivity contribution < 1.29 is 9.90 Å². The number of aromatic nitrogens is 2. The van der Waals surface area contributed by atoms with Crippen LogP contribution in [0.4, 0.5) is 11.4 Å². The molecule has 0 aliphatic rings. The highest BCUT2D eigenvalue weighted by atomic mass is 35.5. The molecule has 0 aliphatic carbocycles. The first-order valence-corrected chi connectivity index (χ1v) is 10.9. The third kappa shape index (κ3) is 5.12. The molecule has 10 heteroatoms. The van der Waals surface area contributed by atoms with Gasteiger partial charge in [-0.3, -0.25) is 18.7 Å². The Morgan fingerprint density at radius 3 is 2.41 bits per heavy atom. The summed E-state index contributed by atoms with van der Waals surface area (Å²) in [5.74, 6) is -0.918. The van der Waals surface area contributed by atoms with Crippen molar-refractivity contribution in [3.05, 3.63) is 85.5 Å². The molecule has 0 fully saturated rings. The van der Waals surface area contributed by atoms with Crippen molar-refractivity contribution in [1.29, 1.82) is 0 Å². The van der Waals surface area contributed by atoms with Crippen molar-refractivity contribution in [2.45, 2.75) is 6.92 Å². The predicted octanol–water partition coefficient (Wildman–Crippen LogP) is 3.20. The molecule has 166 valence electrons. The summed E-state index contributed by atoms with van der Waals surface area (Å²) < 4.78 is 1.82. The fraction of sp³-hybridized carbons (Fsp3) is 0.182. The number of benzene rings is 2. The van der Waals surface area contributed by atoms with E-state index in [4.69, 9.17) is 11.6 Å². The van der Waals surface area contributed by atoms with E-state index in [0.717, 1.165) is 26.5 Å². The first-order chi connectivity index (χ1) is 15.2. The zero-order valence-corrected chi connectivity index (χ0v) is 19.2. The zero-order valence-electron chi connectivity index (χ0n) is 17.6. The molecule has 1 amide bonds. The van der Waals surface area contributed by atoms with Crippen LogP contribution >= 0.6 is 23.4 Å². The Hall–Kier alpha value is -3.30. The van der Waals surface area contributed by atoms with Gasteiger partial charge in [-0.15, -0.1) is 0 Å². The van der Waals surface area contributed by atoms with Gasteiger partial charge in [0.1, 0.15) is 10.6 Å². The number of carbonyl (C=O) groups is 1. The van der Waals surface area contributed by atoms with Crippen LogP contribution in [0.2, 0.25) is 5.02 Å². The Morgan fingerprint density at radius 2 is 1.75 bits per heavy atom. The van der Waals surface area contributed by atoms with E-state index in [1.807, 2.05) is 25.1 Å². The summed E-state index contributed by atoms with van der Waals surface area (Å²) >= 11 is 6.90. The van der Waals surface area contributed by atoms with Crippen molar-refractivity contribution in [2.75, 3.05) is 11.1 Å². The Labute approximate surface area is 193 Å². The first-order valence-electron chi connectivity index (χ1n) is 9.51. The molecule has 1 aromatic heterocycles. The molecule has 0 radical (unpaired) electrons. The van der Waals surface area contributed by atoms with E-state index in [-0.39, 0.29) is 22.3 Å². The minimum atomic E-state index is -0.717. The van der Waals surface area contributed by atoms with Gasteiger partial charge in [-0.05, 0) is 42.8 Å². The molecule has 3 aromatic rings. The number of hydrogen-bond donors (Lipinski definition) is 2. The first kappa shape index (κ1) is 23.4. The van der Waals surface area contributed by atoms with E-state index in [1.165, 1.54) is 14.1 Å². The van der Waals surface area contributed by atoms with Gasteiger partial charge in [0, 0.05) is 24.8 Å². The second kappa shape index (κ2) is 9.88. The topological polar surface area (TPSA) is 106 Å². The number of aliphatic imine (C=N–C) groups is 1. The van der Waals surface area contributed by atoms with E-state index in [2.05, 4.69) is 10.3 Å². The molecule has 0 unspecified atom stereocenters. The summed E-state index contributed by atoms with van der Waals surface area (Å²) in [6.07, 6.45) is 0. The Kier molecular flexibility index (Phi) is 7.22. The zero-order chi connectivity index (χ0) is 23.4. The number of anilines is 1. The standard InChI is InChI=1S/C22H21ClN4O4S/c1-13-6-4-5-7-16(13)25-17(28)12-32-19(24-15-10-8-14(23)9-11-15)18-20(29)26(2)22(31)27(3)21(18)30/h4-11,29H,12H2,1-3H3,(H,25,28). The number of rotatable bonds is 5. The third-order valence-corrected chi connectivity index (χ3v) is 5.89. The van der Waals surface area contributed by atoms with Crippen molar-refractivity contribution in [1.82, 2.24) is 9.13 Å². The van der Waals surface area contributed by atoms with E-state index in [9.17, 15) is 19.5 Å². The molecule has 0 spiro atoms. The fourth-order valence-corrected chi connectivity index (χ4v) is 3.81. The van der Waals surface area contributed by atoms with E-state index >= 15 is 0 Å². The number of thioether (sulfide) groups is 1. The molecule has 3 rings (SSSR count). The quantitative estimate of drug-likeness (QED) is 0.438. The summed E-state index contributed by atoms with van der Waals surface area (Å²) in [6, 6.07) is 13.9. The highest BCUT2D eigenvalue weighted by molar-refractivity contribution is 8.15. The lowest BCUT2D eigenvalue weighted by molar-refractivity contribution is -0.113. The largest absolute Gasteiger partial charge is 0.494 e. The van der Waals surface area contributed by atoms with Gasteiger partial charge < -0.3 is 10.4 Å². The maximum absolute atomic E-state index is 12.8. The van der Waals surface area contributed by atoms with Crippen molar-refractivity contribution in [2.24, 2.45) is 19.1 Å². The van der Waals surface area contributed by atoms with Gasteiger partial charge in [0.05, 0.1) is 11.4 Å². The van der Waals surface area contributed by atoms with Gasteiger partial charge in [-0.2, -0.15) is 0 Å². The van der Waals surface area contributed by atoms with Crippen LogP contribution in [-0.2, 0) is 18.9 Å². The minimum absolute atomic E-state index is 0.0772. The molecule has 32 heavy (non-hydrogen) atoms. The van der Waals surface area contributed by atoms with Crippen LogP contribution in [-0.4, -0.2) is 30.9 Å². The fourth-order valence-electron chi connectivity index (χ4n) is 2.85. The summed E-state index contributed by atoms with van der Waals surface area (Å²) in [5, 5.41) is 14.0. The number of hydrogen-bond acceptors (Lipinski definition) is 6. The molecule has 0 bridgehead atoms. The molecule has 0 aliphatic heterocycles. The van der Waals surface area contributed by atoms with Gasteiger partial charge in [-0.25, -0.2) is 9.79 Å². The summed E-state index contributed by atoms with van der Waals surface area (Å²) in [7, 11) is 2.65. The molecule has 0 saturated heterocycles. The van der Waals surface area contributed by atoms with Gasteiger partial charge in [0.25, 0.3) is 5.56 Å². The second-order valence-corrected chi connectivity index (χ2v) is 8.35. The summed E-state index contributed by atoms with van der Waals surface area (Å²) in [4.78, 5) is 41.9. The number of nitrogens with zero attached hydrogens (tertiary/aromatic N) is 3. The minimum Gasteiger partial charge on any atom is -0.494 e. The number of para-hydroxylation sites is 1. The van der Waals surface area contributed by atoms with Crippen LogP contribution in [0.15, 0.2) is 63.1 Å². The summed E-state index contributed by atoms with van der Waals surface area (Å²) in [6.45, 7) is 1.88. The molecular formula is C22H21ClN4O4S. The monoisotopic (exact) mass is 472 g/mol. The highest BCUT2D eigenvalue weighted by Crippen LogP contribution is 2.24. The van der Waals surface area contributed by atoms with Crippen molar-refractivity contribution >= 4 is 45.7 Å². The van der Waals surface area contributed by atoms with Gasteiger partial charge in [0.2, 0.25) is 11.8 Å². The SMILES string of the molecule is Cc1ccccc1NC(=O)CSC(=Nc1ccc(Cl)cc1)c1c(O)n(C)c(=O)n(C)c1=O. The van der Waals surface area contributed by atoms with Gasteiger partial charge in [-0.1, -0.05) is 41.6 Å². The number of carbonyl (C=O) groups excluding carboxylic acids is 1. The Bertz CT molecular complexity index is 1310. The molecule has 2 N–H and O–H groups in total. The van der Waals surface area contributed by atoms with Crippen LogP contribution in [0.5, 0.6) is 5.88 Å². The van der Waals surface area contributed by atoms with Crippen LogP contribution in [0.1, 0.15) is 11.1 Å². The smallest absolute Gasteiger partial charge is 0.333 e. The second-order valence-electron chi connectivity index (χ2n) is 6.95. The molecule has 8 nitrogen and oxygen atoms in total.